The molecule has 0 saturated heterocycles. The van der Waals surface area contributed by atoms with E-state index in [1.807, 2.05) is 5.43 Å². The van der Waals surface area contributed by atoms with Gasteiger partial charge in [0.05, 0.1) is 0 Å². The molecule has 6 heteroatoms. The van der Waals surface area contributed by atoms with Gasteiger partial charge in [0.15, 0.2) is 11.6 Å². The molecule has 0 amide bonds. The highest BCUT2D eigenvalue weighted by atomic mass is 19.1. The van der Waals surface area contributed by atoms with Crippen LogP contribution < -0.4 is 11.3 Å². The second-order valence-electron chi connectivity index (χ2n) is 2.16. The van der Waals surface area contributed by atoms with E-state index in [0.29, 0.717) is 0 Å². The summed E-state index contributed by atoms with van der Waals surface area (Å²) in [5.41, 5.74) is 1.74. The van der Waals surface area contributed by atoms with Crippen LogP contribution in [-0.2, 0) is 6.67 Å². The van der Waals surface area contributed by atoms with Crippen LogP contribution in [0.4, 0.5) is 14.6 Å². The Morgan fingerprint density at radius 2 is 2.17 bits per heavy atom. The number of alkyl halides is 1. The van der Waals surface area contributed by atoms with Crippen molar-refractivity contribution in [1.82, 2.24) is 9.97 Å². The Bertz CT molecular complexity index is 264. The molecule has 0 bridgehead atoms. The lowest BCUT2D eigenvalue weighted by Gasteiger charge is -2.04. The van der Waals surface area contributed by atoms with Gasteiger partial charge in [-0.25, -0.2) is 24.6 Å². The van der Waals surface area contributed by atoms with Crippen molar-refractivity contribution in [1.29, 1.82) is 0 Å². The Hall–Kier alpha value is -1.30. The zero-order valence-electron chi connectivity index (χ0n) is 6.43. The highest BCUT2D eigenvalue weighted by Gasteiger charge is 2.10. The van der Waals surface area contributed by atoms with Gasteiger partial charge in [-0.3, -0.25) is 0 Å². The standard InChI is InChI=1S/C6H8F2N4/c1-3-10-4(2-7)5(8)6(11-3)12-9/h2,9H2,1H3,(H,10,11,12). The lowest BCUT2D eigenvalue weighted by Crippen LogP contribution is -2.13. The average Bonchev–Trinajstić information content (AvgIpc) is 2.08. The number of nitrogens with two attached hydrogens (primary N) is 1. The maximum absolute atomic E-state index is 12.9. The number of nitrogens with one attached hydrogen (secondary N) is 1. The molecular weight excluding hydrogens is 166 g/mol. The summed E-state index contributed by atoms with van der Waals surface area (Å²) in [6.45, 7) is 0.559. The van der Waals surface area contributed by atoms with Crippen molar-refractivity contribution in [2.45, 2.75) is 13.6 Å². The first-order chi connectivity index (χ1) is 5.69. The van der Waals surface area contributed by atoms with Crippen molar-refractivity contribution in [3.63, 3.8) is 0 Å². The summed E-state index contributed by atoms with van der Waals surface area (Å²) in [5, 5.41) is 0. The van der Waals surface area contributed by atoms with Gasteiger partial charge >= 0.3 is 0 Å². The Balaban J connectivity index is 3.22. The highest BCUT2D eigenvalue weighted by molar-refractivity contribution is 5.36. The Labute approximate surface area is 67.8 Å². The molecule has 1 aromatic rings. The van der Waals surface area contributed by atoms with E-state index in [4.69, 9.17) is 5.84 Å². The molecule has 12 heavy (non-hydrogen) atoms. The number of hydrazine groups is 1. The number of aromatic nitrogens is 2. The molecular formula is C6H8F2N4. The zero-order chi connectivity index (χ0) is 9.14. The molecule has 3 N–H and O–H groups in total. The second-order valence-corrected chi connectivity index (χ2v) is 2.16. The van der Waals surface area contributed by atoms with Crippen LogP contribution in [0, 0.1) is 12.7 Å². The van der Waals surface area contributed by atoms with Crippen molar-refractivity contribution in [3.05, 3.63) is 17.3 Å². The summed E-state index contributed by atoms with van der Waals surface area (Å²) in [7, 11) is 0. The zero-order valence-corrected chi connectivity index (χ0v) is 6.43. The molecule has 4 nitrogen and oxygen atoms in total. The van der Waals surface area contributed by atoms with Gasteiger partial charge in [0.25, 0.3) is 0 Å². The fraction of sp³-hybridized carbons (Fsp3) is 0.333. The Kier molecular flexibility index (Phi) is 2.49. The topological polar surface area (TPSA) is 63.8 Å². The lowest BCUT2D eigenvalue weighted by molar-refractivity contribution is 0.449. The molecule has 0 spiro atoms. The quantitative estimate of drug-likeness (QED) is 0.511. The third kappa shape index (κ3) is 1.48. The van der Waals surface area contributed by atoms with E-state index in [0.717, 1.165) is 0 Å². The van der Waals surface area contributed by atoms with Gasteiger partial charge in [-0.05, 0) is 6.92 Å². The second kappa shape index (κ2) is 3.40. The molecule has 0 aromatic carbocycles. The van der Waals surface area contributed by atoms with Crippen LogP contribution in [0.15, 0.2) is 0 Å². The summed E-state index contributed by atoms with van der Waals surface area (Å²) >= 11 is 0. The molecule has 0 saturated carbocycles. The molecule has 0 radical (unpaired) electrons. The highest BCUT2D eigenvalue weighted by Crippen LogP contribution is 2.13. The van der Waals surface area contributed by atoms with Crippen LogP contribution in [0.2, 0.25) is 0 Å². The summed E-state index contributed by atoms with van der Waals surface area (Å²) in [5.74, 6) is 4.19. The van der Waals surface area contributed by atoms with E-state index < -0.39 is 12.5 Å². The summed E-state index contributed by atoms with van der Waals surface area (Å²) in [6, 6.07) is 0. The SMILES string of the molecule is Cc1nc(CF)c(F)c(NN)n1. The van der Waals surface area contributed by atoms with Crippen molar-refractivity contribution in [2.75, 3.05) is 5.43 Å². The maximum Gasteiger partial charge on any atom is 0.190 e. The van der Waals surface area contributed by atoms with Gasteiger partial charge in [-0.1, -0.05) is 0 Å². The van der Waals surface area contributed by atoms with Gasteiger partial charge in [0.2, 0.25) is 0 Å². The first kappa shape index (κ1) is 8.79. The molecule has 1 aromatic heterocycles. The smallest absolute Gasteiger partial charge is 0.190 e. The fourth-order valence-corrected chi connectivity index (χ4v) is 0.801. The summed E-state index contributed by atoms with van der Waals surface area (Å²) < 4.78 is 25.0. The molecule has 0 aliphatic carbocycles. The third-order valence-electron chi connectivity index (χ3n) is 1.29. The molecule has 1 heterocycles. The predicted octanol–water partition coefficient (Wildman–Crippen LogP) is 0.679. The van der Waals surface area contributed by atoms with E-state index in [2.05, 4.69) is 9.97 Å². The molecule has 0 aliphatic heterocycles. The minimum Gasteiger partial charge on any atom is -0.306 e. The first-order valence-corrected chi connectivity index (χ1v) is 3.24. The van der Waals surface area contributed by atoms with E-state index >= 15 is 0 Å². The minimum atomic E-state index is -0.968. The Morgan fingerprint density at radius 3 is 2.67 bits per heavy atom. The van der Waals surface area contributed by atoms with Crippen molar-refractivity contribution in [2.24, 2.45) is 5.84 Å². The molecule has 0 fully saturated rings. The van der Waals surface area contributed by atoms with Crippen LogP contribution in [0.25, 0.3) is 0 Å². The van der Waals surface area contributed by atoms with Crippen molar-refractivity contribution < 1.29 is 8.78 Å². The van der Waals surface area contributed by atoms with Gasteiger partial charge in [0, 0.05) is 0 Å². The normalized spacial score (nSPS) is 10.0. The number of aryl methyl sites for hydroxylation is 1. The molecule has 0 unspecified atom stereocenters. The molecule has 66 valence electrons. The van der Waals surface area contributed by atoms with Crippen LogP contribution in [-0.4, -0.2) is 9.97 Å². The number of halogens is 2. The molecule has 1 rings (SSSR count). The minimum absolute atomic E-state index is 0.185. The van der Waals surface area contributed by atoms with Crippen molar-refractivity contribution in [3.8, 4) is 0 Å². The maximum atomic E-state index is 12.9. The third-order valence-corrected chi connectivity index (χ3v) is 1.29. The van der Waals surface area contributed by atoms with Crippen molar-refractivity contribution >= 4 is 5.82 Å². The number of rotatable bonds is 2. The van der Waals surface area contributed by atoms with Crippen LogP contribution >= 0.6 is 0 Å². The van der Waals surface area contributed by atoms with E-state index in [1.165, 1.54) is 6.92 Å². The number of nitrogen functional groups attached to an aromatic ring is 1. The monoisotopic (exact) mass is 174 g/mol. The predicted molar refractivity (Wildman–Crippen MR) is 39.3 cm³/mol. The van der Waals surface area contributed by atoms with E-state index in [-0.39, 0.29) is 17.3 Å². The van der Waals surface area contributed by atoms with Gasteiger partial charge in [-0.2, -0.15) is 0 Å². The number of hydrogen-bond donors (Lipinski definition) is 2. The van der Waals surface area contributed by atoms with Gasteiger partial charge in [0.1, 0.15) is 18.2 Å². The largest absolute Gasteiger partial charge is 0.306 e. The van der Waals surface area contributed by atoms with E-state index in [1.54, 1.807) is 0 Å². The molecule has 0 aliphatic rings. The first-order valence-electron chi connectivity index (χ1n) is 3.24. The van der Waals surface area contributed by atoms with Gasteiger partial charge < -0.3 is 5.43 Å². The average molecular weight is 174 g/mol. The summed E-state index contributed by atoms with van der Waals surface area (Å²) in [4.78, 5) is 7.15. The van der Waals surface area contributed by atoms with Crippen LogP contribution in [0.3, 0.4) is 0 Å². The van der Waals surface area contributed by atoms with E-state index in [9.17, 15) is 8.78 Å². The summed E-state index contributed by atoms with van der Waals surface area (Å²) in [6.07, 6.45) is 0. The van der Waals surface area contributed by atoms with Crippen LogP contribution in [0.5, 0.6) is 0 Å². The Morgan fingerprint density at radius 1 is 1.50 bits per heavy atom. The number of hydrogen-bond acceptors (Lipinski definition) is 4. The fourth-order valence-electron chi connectivity index (χ4n) is 0.801. The number of anilines is 1. The lowest BCUT2D eigenvalue weighted by atomic mass is 10.4. The van der Waals surface area contributed by atoms with Gasteiger partial charge in [-0.15, -0.1) is 0 Å². The van der Waals surface area contributed by atoms with Crippen LogP contribution in [0.1, 0.15) is 11.5 Å². The molecule has 0 atom stereocenters. The number of nitrogens with zero attached hydrogens (tertiary/aromatic N) is 2.